The first-order valence-corrected chi connectivity index (χ1v) is 15.5. The fourth-order valence-electron chi connectivity index (χ4n) is 7.56. The maximum Gasteiger partial charge on any atom is -0.00201 e. The van der Waals surface area contributed by atoms with Gasteiger partial charge in [-0.25, -0.2) is 0 Å². The van der Waals surface area contributed by atoms with E-state index in [2.05, 4.69) is 95.3 Å². The minimum Gasteiger partial charge on any atom is -0.0620 e. The largest absolute Gasteiger partial charge is 0.0620 e. The van der Waals surface area contributed by atoms with E-state index in [9.17, 15) is 0 Å². The molecule has 0 heteroatoms. The van der Waals surface area contributed by atoms with Gasteiger partial charge in [0.1, 0.15) is 0 Å². The summed E-state index contributed by atoms with van der Waals surface area (Å²) in [7, 11) is 0. The van der Waals surface area contributed by atoms with Crippen molar-refractivity contribution in [1.29, 1.82) is 0 Å². The van der Waals surface area contributed by atoms with Crippen molar-refractivity contribution in [2.45, 2.75) is 117 Å². The van der Waals surface area contributed by atoms with Crippen LogP contribution in [0, 0.1) is 25.7 Å². The van der Waals surface area contributed by atoms with Gasteiger partial charge in [0.15, 0.2) is 0 Å². The van der Waals surface area contributed by atoms with Gasteiger partial charge in [0.25, 0.3) is 0 Å². The summed E-state index contributed by atoms with van der Waals surface area (Å²) >= 11 is 0. The van der Waals surface area contributed by atoms with Crippen LogP contribution in [0.3, 0.4) is 0 Å². The van der Waals surface area contributed by atoms with E-state index in [0.29, 0.717) is 0 Å². The van der Waals surface area contributed by atoms with E-state index in [1.807, 2.05) is 0 Å². The highest BCUT2D eigenvalue weighted by molar-refractivity contribution is 5.43. The Labute approximate surface area is 233 Å². The lowest BCUT2D eigenvalue weighted by atomic mass is 9.70. The standard InChI is InChI=1S/C38H50/c1-27-15-16-29(25-36(27)26-35-13-9-10-14-37(35)38(3,4)5)24-33-21-22-34(23-28(33)2)32-19-17-31(18-20-32)30-11-7-6-8-12-30/h9-10,13-16,21-23,25,30-32H,6-8,11-12,17-20,24,26H2,1-5H3. The summed E-state index contributed by atoms with van der Waals surface area (Å²) in [5, 5.41) is 0. The van der Waals surface area contributed by atoms with E-state index in [-0.39, 0.29) is 5.41 Å². The lowest BCUT2D eigenvalue weighted by molar-refractivity contribution is 0.186. The van der Waals surface area contributed by atoms with E-state index in [1.54, 1.807) is 5.56 Å². The van der Waals surface area contributed by atoms with Gasteiger partial charge < -0.3 is 0 Å². The molecule has 0 spiro atoms. The Morgan fingerprint density at radius 1 is 0.605 bits per heavy atom. The van der Waals surface area contributed by atoms with Crippen molar-refractivity contribution in [2.24, 2.45) is 11.8 Å². The van der Waals surface area contributed by atoms with Crippen molar-refractivity contribution in [3.63, 3.8) is 0 Å². The smallest absolute Gasteiger partial charge is 0.00201 e. The Bertz CT molecular complexity index is 1210. The van der Waals surface area contributed by atoms with Gasteiger partial charge >= 0.3 is 0 Å². The average molecular weight is 507 g/mol. The van der Waals surface area contributed by atoms with Crippen molar-refractivity contribution in [3.05, 3.63) is 105 Å². The van der Waals surface area contributed by atoms with Crippen LogP contribution in [0.4, 0.5) is 0 Å². The molecule has 3 aromatic rings. The summed E-state index contributed by atoms with van der Waals surface area (Å²) in [6.45, 7) is 11.6. The third-order valence-corrected chi connectivity index (χ3v) is 9.94. The van der Waals surface area contributed by atoms with Crippen molar-refractivity contribution in [3.8, 4) is 0 Å². The molecule has 2 saturated carbocycles. The van der Waals surface area contributed by atoms with Crippen molar-refractivity contribution in [2.75, 3.05) is 0 Å². The average Bonchev–Trinajstić information content (AvgIpc) is 2.92. The number of aryl methyl sites for hydroxylation is 2. The van der Waals surface area contributed by atoms with E-state index >= 15 is 0 Å². The van der Waals surface area contributed by atoms with E-state index in [1.165, 1.54) is 96.7 Å². The van der Waals surface area contributed by atoms with Gasteiger partial charge in [0, 0.05) is 0 Å². The second kappa shape index (κ2) is 11.8. The van der Waals surface area contributed by atoms with Crippen molar-refractivity contribution >= 4 is 0 Å². The lowest BCUT2D eigenvalue weighted by Crippen LogP contribution is -2.23. The summed E-state index contributed by atoms with van der Waals surface area (Å²) in [6, 6.07) is 23.6. The molecule has 2 aliphatic carbocycles. The molecular formula is C38H50. The molecule has 0 aliphatic heterocycles. The molecule has 0 radical (unpaired) electrons. The van der Waals surface area contributed by atoms with Crippen LogP contribution in [0.15, 0.2) is 60.7 Å². The molecule has 2 fully saturated rings. The number of benzene rings is 3. The first-order chi connectivity index (χ1) is 18.3. The molecule has 5 rings (SSSR count). The number of hydrogen-bond acceptors (Lipinski definition) is 0. The summed E-state index contributed by atoms with van der Waals surface area (Å²) in [6.07, 6.45) is 15.2. The second-order valence-corrected chi connectivity index (χ2v) is 13.7. The maximum atomic E-state index is 2.52. The minimum atomic E-state index is 0.163. The van der Waals surface area contributed by atoms with Crippen LogP contribution in [0.5, 0.6) is 0 Å². The van der Waals surface area contributed by atoms with Crippen LogP contribution < -0.4 is 0 Å². The normalized spacial score (nSPS) is 21.0. The molecule has 0 bridgehead atoms. The Morgan fingerprint density at radius 2 is 1.32 bits per heavy atom. The van der Waals surface area contributed by atoms with E-state index in [4.69, 9.17) is 0 Å². The predicted octanol–water partition coefficient (Wildman–Crippen LogP) is 10.6. The molecule has 2 aliphatic rings. The topological polar surface area (TPSA) is 0 Å². The monoisotopic (exact) mass is 506 g/mol. The van der Waals surface area contributed by atoms with E-state index < -0.39 is 0 Å². The van der Waals surface area contributed by atoms with Crippen LogP contribution >= 0.6 is 0 Å². The molecule has 0 aromatic heterocycles. The first kappa shape index (κ1) is 27.2. The van der Waals surface area contributed by atoms with E-state index in [0.717, 1.165) is 30.6 Å². The fourth-order valence-corrected chi connectivity index (χ4v) is 7.56. The highest BCUT2D eigenvalue weighted by Crippen LogP contribution is 2.43. The Balaban J connectivity index is 1.26. The van der Waals surface area contributed by atoms with Gasteiger partial charge in [-0.2, -0.15) is 0 Å². The zero-order valence-corrected chi connectivity index (χ0v) is 24.8. The molecule has 0 amide bonds. The van der Waals surface area contributed by atoms with Gasteiger partial charge in [-0.1, -0.05) is 114 Å². The van der Waals surface area contributed by atoms with Gasteiger partial charge in [-0.3, -0.25) is 0 Å². The quantitative estimate of drug-likeness (QED) is 0.312. The Kier molecular flexibility index (Phi) is 8.47. The van der Waals surface area contributed by atoms with Crippen LogP contribution in [-0.4, -0.2) is 0 Å². The van der Waals surface area contributed by atoms with Gasteiger partial charge in [-0.05, 0) is 120 Å². The molecule has 38 heavy (non-hydrogen) atoms. The third kappa shape index (κ3) is 6.44. The molecule has 0 unspecified atom stereocenters. The van der Waals surface area contributed by atoms with Gasteiger partial charge in [0.05, 0.1) is 0 Å². The molecule has 0 N–H and O–H groups in total. The molecule has 0 atom stereocenters. The highest BCUT2D eigenvalue weighted by atomic mass is 14.3. The predicted molar refractivity (Wildman–Crippen MR) is 164 cm³/mol. The highest BCUT2D eigenvalue weighted by Gasteiger charge is 2.29. The van der Waals surface area contributed by atoms with Gasteiger partial charge in [-0.15, -0.1) is 0 Å². The molecule has 0 nitrogen and oxygen atoms in total. The van der Waals surface area contributed by atoms with Crippen molar-refractivity contribution in [1.82, 2.24) is 0 Å². The molecule has 0 saturated heterocycles. The molecular weight excluding hydrogens is 456 g/mol. The minimum absolute atomic E-state index is 0.163. The zero-order chi connectivity index (χ0) is 26.7. The Hall–Kier alpha value is -2.34. The summed E-state index contributed by atoms with van der Waals surface area (Å²) in [5.74, 6) is 2.82. The van der Waals surface area contributed by atoms with Crippen LogP contribution in [-0.2, 0) is 18.3 Å². The van der Waals surface area contributed by atoms with Crippen LogP contribution in [0.2, 0.25) is 0 Å². The summed E-state index contributed by atoms with van der Waals surface area (Å²) in [4.78, 5) is 0. The van der Waals surface area contributed by atoms with Crippen LogP contribution in [0.1, 0.15) is 129 Å². The second-order valence-electron chi connectivity index (χ2n) is 13.7. The lowest BCUT2D eigenvalue weighted by Gasteiger charge is -2.36. The van der Waals surface area contributed by atoms with Crippen molar-refractivity contribution < 1.29 is 0 Å². The molecule has 3 aromatic carbocycles. The summed E-state index contributed by atoms with van der Waals surface area (Å²) in [5.41, 5.74) is 11.9. The number of rotatable bonds is 6. The van der Waals surface area contributed by atoms with Gasteiger partial charge in [0.2, 0.25) is 0 Å². The molecule has 0 heterocycles. The Morgan fingerprint density at radius 3 is 2.03 bits per heavy atom. The molecule has 202 valence electrons. The zero-order valence-electron chi connectivity index (χ0n) is 24.8. The fraction of sp³-hybridized carbons (Fsp3) is 0.526. The number of hydrogen-bond donors (Lipinski definition) is 0. The third-order valence-electron chi connectivity index (χ3n) is 9.94. The SMILES string of the molecule is Cc1cc(C2CCC(C3CCCCC3)CC2)ccc1Cc1ccc(C)c(Cc2ccccc2C(C)(C)C)c1. The first-order valence-electron chi connectivity index (χ1n) is 15.5. The maximum absolute atomic E-state index is 2.52. The summed E-state index contributed by atoms with van der Waals surface area (Å²) < 4.78 is 0. The van der Waals surface area contributed by atoms with Crippen LogP contribution in [0.25, 0.3) is 0 Å².